The first-order valence-electron chi connectivity index (χ1n) is 4.12. The van der Waals surface area contributed by atoms with Crippen molar-refractivity contribution in [2.24, 2.45) is 0 Å². The first-order chi connectivity index (χ1) is 4.41. The second-order valence-corrected chi connectivity index (χ2v) is 7.29. The summed E-state index contributed by atoms with van der Waals surface area (Å²) in [6.07, 6.45) is 5.88. The fourth-order valence-electron chi connectivity index (χ4n) is 0.854. The van der Waals surface area contributed by atoms with Crippen LogP contribution in [0.4, 0.5) is 0 Å². The second-order valence-electron chi connectivity index (χ2n) is 2.41. The van der Waals surface area contributed by atoms with Crippen LogP contribution in [0.25, 0.3) is 0 Å². The van der Waals surface area contributed by atoms with Gasteiger partial charge in [-0.3, -0.25) is 0 Å². The molecule has 0 saturated heterocycles. The fourth-order valence-corrected chi connectivity index (χ4v) is 3.29. The summed E-state index contributed by atoms with van der Waals surface area (Å²) < 4.78 is 3.16. The second kappa shape index (κ2) is 8.80. The average molecular weight is 233 g/mol. The van der Waals surface area contributed by atoms with Crippen molar-refractivity contribution in [1.82, 2.24) is 0 Å². The maximum absolute atomic E-state index is 2.34. The molecule has 0 bridgehead atoms. The van der Waals surface area contributed by atoms with Gasteiger partial charge in [-0.2, -0.15) is 0 Å². The minimum atomic E-state index is 0.161. The molecule has 0 heterocycles. The molecule has 0 rings (SSSR count). The van der Waals surface area contributed by atoms with Crippen molar-refractivity contribution < 1.29 is 0 Å². The first kappa shape index (κ1) is 9.80. The van der Waals surface area contributed by atoms with Crippen molar-refractivity contribution in [2.75, 3.05) is 0 Å². The van der Waals surface area contributed by atoms with Crippen molar-refractivity contribution in [3.63, 3.8) is 0 Å². The molecule has 0 spiro atoms. The van der Waals surface area contributed by atoms with E-state index in [-0.39, 0.29) is 21.1 Å². The van der Waals surface area contributed by atoms with Gasteiger partial charge in [0.05, 0.1) is 0 Å². The Morgan fingerprint density at radius 1 is 1.00 bits per heavy atom. The Morgan fingerprint density at radius 2 is 1.78 bits per heavy atom. The van der Waals surface area contributed by atoms with Crippen molar-refractivity contribution in [2.45, 2.75) is 48.4 Å². The summed E-state index contributed by atoms with van der Waals surface area (Å²) in [4.78, 5) is 0. The Bertz CT molecular complexity index is 37.8. The van der Waals surface area contributed by atoms with Crippen LogP contribution in [0.5, 0.6) is 0 Å². The van der Waals surface area contributed by atoms with Crippen LogP contribution >= 0.6 is 0 Å². The SMILES string of the molecule is CCCCC[CH2][Sn][CH2]C. The van der Waals surface area contributed by atoms with Gasteiger partial charge in [-0.15, -0.1) is 0 Å². The molecule has 0 atom stereocenters. The monoisotopic (exact) mass is 234 g/mol. The van der Waals surface area contributed by atoms with Crippen LogP contribution in [0.3, 0.4) is 0 Å². The molecule has 0 amide bonds. The van der Waals surface area contributed by atoms with E-state index in [1.54, 1.807) is 4.44 Å². The molecule has 0 N–H and O–H groups in total. The van der Waals surface area contributed by atoms with E-state index in [1.165, 1.54) is 30.1 Å². The van der Waals surface area contributed by atoms with E-state index < -0.39 is 0 Å². The summed E-state index contributed by atoms with van der Waals surface area (Å²) in [5.41, 5.74) is 0. The Morgan fingerprint density at radius 3 is 2.33 bits per heavy atom. The van der Waals surface area contributed by atoms with Gasteiger partial charge >= 0.3 is 69.5 Å². The third-order valence-corrected chi connectivity index (χ3v) is 4.90. The number of hydrogen-bond donors (Lipinski definition) is 0. The van der Waals surface area contributed by atoms with Gasteiger partial charge in [0.2, 0.25) is 0 Å². The fraction of sp³-hybridized carbons (Fsp3) is 1.00. The minimum absolute atomic E-state index is 0.161. The zero-order valence-corrected chi connectivity index (χ0v) is 9.60. The van der Waals surface area contributed by atoms with Crippen LogP contribution in [-0.4, -0.2) is 21.1 Å². The van der Waals surface area contributed by atoms with Crippen molar-refractivity contribution in [3.8, 4) is 0 Å². The van der Waals surface area contributed by atoms with E-state index in [0.717, 1.165) is 0 Å². The molecular weight excluding hydrogens is 215 g/mol. The van der Waals surface area contributed by atoms with E-state index in [9.17, 15) is 0 Å². The molecule has 0 nitrogen and oxygen atoms in total. The van der Waals surface area contributed by atoms with Crippen LogP contribution < -0.4 is 0 Å². The third-order valence-electron chi connectivity index (χ3n) is 1.46. The standard InChI is InChI=1S/C6H13.C2H5.Sn/c1-3-5-6-4-2;1-2;/h1,3-6H2,2H3;1H2,2H3;. The molecule has 0 aromatic heterocycles. The number of hydrogen-bond acceptors (Lipinski definition) is 0. The van der Waals surface area contributed by atoms with Gasteiger partial charge < -0.3 is 0 Å². The van der Waals surface area contributed by atoms with Crippen molar-refractivity contribution in [1.29, 1.82) is 0 Å². The number of rotatable bonds is 6. The summed E-state index contributed by atoms with van der Waals surface area (Å²) in [5, 5.41) is 0. The summed E-state index contributed by atoms with van der Waals surface area (Å²) in [5.74, 6) is 0. The van der Waals surface area contributed by atoms with Crippen LogP contribution in [0.2, 0.25) is 8.87 Å². The van der Waals surface area contributed by atoms with Crippen LogP contribution in [0, 0.1) is 0 Å². The van der Waals surface area contributed by atoms with E-state index in [4.69, 9.17) is 0 Å². The van der Waals surface area contributed by atoms with Crippen molar-refractivity contribution in [3.05, 3.63) is 0 Å². The predicted molar refractivity (Wildman–Crippen MR) is 45.2 cm³/mol. The van der Waals surface area contributed by atoms with Gasteiger partial charge in [0, 0.05) is 0 Å². The first-order valence-corrected chi connectivity index (χ1v) is 8.16. The topological polar surface area (TPSA) is 0 Å². The zero-order chi connectivity index (χ0) is 6.95. The van der Waals surface area contributed by atoms with E-state index in [2.05, 4.69) is 13.8 Å². The van der Waals surface area contributed by atoms with E-state index in [0.29, 0.717) is 0 Å². The molecule has 0 aromatic carbocycles. The average Bonchev–Trinajstić information content (AvgIpc) is 1.89. The van der Waals surface area contributed by atoms with Gasteiger partial charge in [-0.05, 0) is 0 Å². The molecule has 9 heavy (non-hydrogen) atoms. The van der Waals surface area contributed by atoms with Crippen LogP contribution in [0.1, 0.15) is 39.5 Å². The quantitative estimate of drug-likeness (QED) is 0.488. The summed E-state index contributed by atoms with van der Waals surface area (Å²) in [6.45, 7) is 4.62. The molecular formula is C8H18Sn. The Balaban J connectivity index is 2.60. The molecule has 0 aliphatic rings. The summed E-state index contributed by atoms with van der Waals surface area (Å²) in [7, 11) is 0. The van der Waals surface area contributed by atoms with Gasteiger partial charge in [0.15, 0.2) is 0 Å². The molecule has 54 valence electrons. The molecule has 0 aliphatic heterocycles. The Kier molecular flexibility index (Phi) is 9.58. The number of unbranched alkanes of at least 4 members (excludes halogenated alkanes) is 3. The molecule has 0 saturated carbocycles. The predicted octanol–water partition coefficient (Wildman–Crippen LogP) is 3.13. The van der Waals surface area contributed by atoms with Crippen molar-refractivity contribution >= 4 is 21.1 Å². The molecule has 0 fully saturated rings. The third kappa shape index (κ3) is 8.80. The van der Waals surface area contributed by atoms with E-state index >= 15 is 0 Å². The Hall–Kier alpha value is 0.799. The van der Waals surface area contributed by atoms with Gasteiger partial charge in [0.25, 0.3) is 0 Å². The van der Waals surface area contributed by atoms with Gasteiger partial charge in [-0.25, -0.2) is 0 Å². The maximum atomic E-state index is 2.34. The van der Waals surface area contributed by atoms with Crippen LogP contribution in [-0.2, 0) is 0 Å². The Labute approximate surface area is 69.6 Å². The normalized spacial score (nSPS) is 10.0. The molecule has 0 unspecified atom stereocenters. The summed E-state index contributed by atoms with van der Waals surface area (Å²) >= 11 is 0.161. The van der Waals surface area contributed by atoms with Gasteiger partial charge in [0.1, 0.15) is 0 Å². The molecule has 2 radical (unpaired) electrons. The van der Waals surface area contributed by atoms with E-state index in [1.807, 2.05) is 0 Å². The van der Waals surface area contributed by atoms with Gasteiger partial charge in [-0.1, -0.05) is 0 Å². The molecule has 0 aliphatic carbocycles. The molecule has 1 heteroatoms. The summed E-state index contributed by atoms with van der Waals surface area (Å²) in [6, 6.07) is 0. The van der Waals surface area contributed by atoms with Crippen LogP contribution in [0.15, 0.2) is 0 Å². The molecule has 0 aromatic rings. The zero-order valence-electron chi connectivity index (χ0n) is 6.74.